The van der Waals surface area contributed by atoms with Gasteiger partial charge in [0, 0.05) is 26.2 Å². The Morgan fingerprint density at radius 3 is 2.44 bits per heavy atom. The molecule has 0 saturated carbocycles. The van der Waals surface area contributed by atoms with E-state index in [4.69, 9.17) is 9.84 Å². The van der Waals surface area contributed by atoms with Gasteiger partial charge in [-0.1, -0.05) is 12.1 Å². The maximum Gasteiger partial charge on any atom is 0.308 e. The van der Waals surface area contributed by atoms with E-state index in [0.717, 1.165) is 0 Å². The minimum Gasteiger partial charge on any atom is -0.481 e. The molecular weight excluding hydrogens is 348 g/mol. The van der Waals surface area contributed by atoms with E-state index in [1.807, 2.05) is 0 Å². The summed E-state index contributed by atoms with van der Waals surface area (Å²) in [7, 11) is -3.81. The minimum absolute atomic E-state index is 0.0410. The van der Waals surface area contributed by atoms with Crippen LogP contribution in [0.1, 0.15) is 16.8 Å². The molecule has 25 heavy (non-hydrogen) atoms. The fourth-order valence-electron chi connectivity index (χ4n) is 3.11. The molecule has 0 spiro atoms. The molecule has 1 amide bonds. The monoisotopic (exact) mass is 368 g/mol. The number of hydrogen-bond donors (Lipinski definition) is 1. The van der Waals surface area contributed by atoms with Gasteiger partial charge in [0.05, 0.1) is 29.6 Å². The van der Waals surface area contributed by atoms with Crippen LogP contribution < -0.4 is 0 Å². The van der Waals surface area contributed by atoms with Crippen molar-refractivity contribution in [3.63, 3.8) is 0 Å². The number of morpholine rings is 1. The second kappa shape index (κ2) is 7.11. The maximum atomic E-state index is 12.9. The van der Waals surface area contributed by atoms with Gasteiger partial charge in [-0.2, -0.15) is 4.31 Å². The van der Waals surface area contributed by atoms with Gasteiger partial charge in [-0.15, -0.1) is 0 Å². The van der Waals surface area contributed by atoms with Crippen molar-refractivity contribution in [2.24, 2.45) is 5.92 Å². The highest BCUT2D eigenvalue weighted by molar-refractivity contribution is 7.89. The molecule has 0 aromatic heterocycles. The summed E-state index contributed by atoms with van der Waals surface area (Å²) >= 11 is 0. The number of carbonyl (C=O) groups excluding carboxylic acids is 1. The van der Waals surface area contributed by atoms with Crippen molar-refractivity contribution in [1.29, 1.82) is 0 Å². The van der Waals surface area contributed by atoms with E-state index in [9.17, 15) is 18.0 Å². The smallest absolute Gasteiger partial charge is 0.308 e. The lowest BCUT2D eigenvalue weighted by atomic mass is 10.1. The zero-order chi connectivity index (χ0) is 18.0. The second-order valence-corrected chi connectivity index (χ2v) is 7.99. The molecule has 0 aliphatic carbocycles. The van der Waals surface area contributed by atoms with Crippen LogP contribution in [0, 0.1) is 5.92 Å². The van der Waals surface area contributed by atoms with Crippen LogP contribution in [0.5, 0.6) is 0 Å². The standard InChI is InChI=1S/C16H20N2O6S/c19-15(17-6-5-12(11-17)16(20)21)13-3-1-2-4-14(13)25(22,23)18-7-9-24-10-8-18/h1-4,12H,5-11H2,(H,20,21). The number of benzene rings is 1. The third-order valence-electron chi connectivity index (χ3n) is 4.53. The Morgan fingerprint density at radius 1 is 1.12 bits per heavy atom. The predicted octanol–water partition coefficient (Wildman–Crippen LogP) is 0.254. The van der Waals surface area contributed by atoms with Crippen LogP contribution >= 0.6 is 0 Å². The van der Waals surface area contributed by atoms with Gasteiger partial charge < -0.3 is 14.7 Å². The van der Waals surface area contributed by atoms with Crippen LogP contribution in [-0.2, 0) is 19.6 Å². The van der Waals surface area contributed by atoms with Crippen molar-refractivity contribution in [3.05, 3.63) is 29.8 Å². The number of ether oxygens (including phenoxy) is 1. The van der Waals surface area contributed by atoms with Gasteiger partial charge >= 0.3 is 5.97 Å². The Morgan fingerprint density at radius 2 is 1.80 bits per heavy atom. The molecule has 0 bridgehead atoms. The Kier molecular flexibility index (Phi) is 5.07. The van der Waals surface area contributed by atoms with Crippen LogP contribution in [0.25, 0.3) is 0 Å². The molecule has 2 aliphatic rings. The highest BCUT2D eigenvalue weighted by Gasteiger charge is 2.35. The molecule has 1 N–H and O–H groups in total. The van der Waals surface area contributed by atoms with Gasteiger partial charge in [0.2, 0.25) is 10.0 Å². The molecule has 1 unspecified atom stereocenters. The summed E-state index contributed by atoms with van der Waals surface area (Å²) in [6, 6.07) is 6.08. The maximum absolute atomic E-state index is 12.9. The Labute approximate surface area is 146 Å². The number of amides is 1. The van der Waals surface area contributed by atoms with Gasteiger partial charge in [-0.25, -0.2) is 8.42 Å². The molecule has 2 aliphatic heterocycles. The fourth-order valence-corrected chi connectivity index (χ4v) is 4.70. The van der Waals surface area contributed by atoms with Gasteiger partial charge in [0.15, 0.2) is 0 Å². The lowest BCUT2D eigenvalue weighted by molar-refractivity contribution is -0.141. The fraction of sp³-hybridized carbons (Fsp3) is 0.500. The first-order valence-electron chi connectivity index (χ1n) is 8.10. The number of nitrogens with zero attached hydrogens (tertiary/aromatic N) is 2. The van der Waals surface area contributed by atoms with E-state index >= 15 is 0 Å². The van der Waals surface area contributed by atoms with Crippen molar-refractivity contribution in [1.82, 2.24) is 9.21 Å². The molecule has 3 rings (SSSR count). The lowest BCUT2D eigenvalue weighted by Crippen LogP contribution is -2.41. The molecule has 8 nitrogen and oxygen atoms in total. The van der Waals surface area contributed by atoms with Gasteiger partial charge in [-0.3, -0.25) is 9.59 Å². The summed E-state index contributed by atoms with van der Waals surface area (Å²) in [5.41, 5.74) is 0.0834. The zero-order valence-electron chi connectivity index (χ0n) is 13.6. The largest absolute Gasteiger partial charge is 0.481 e. The van der Waals surface area contributed by atoms with Crippen LogP contribution in [0.4, 0.5) is 0 Å². The highest BCUT2D eigenvalue weighted by Crippen LogP contribution is 2.25. The number of carboxylic acids is 1. The quantitative estimate of drug-likeness (QED) is 0.817. The predicted molar refractivity (Wildman–Crippen MR) is 87.7 cm³/mol. The SMILES string of the molecule is O=C(O)C1CCN(C(=O)c2ccccc2S(=O)(=O)N2CCOCC2)C1. The van der Waals surface area contributed by atoms with E-state index in [2.05, 4.69) is 0 Å². The molecule has 2 saturated heterocycles. The normalized spacial score (nSPS) is 22.1. The average Bonchev–Trinajstić information content (AvgIpc) is 3.12. The first-order chi connectivity index (χ1) is 11.9. The van der Waals surface area contributed by atoms with Crippen LogP contribution in [0.15, 0.2) is 29.2 Å². The van der Waals surface area contributed by atoms with Crippen LogP contribution in [0.2, 0.25) is 0 Å². The van der Waals surface area contributed by atoms with Crippen molar-refractivity contribution >= 4 is 21.9 Å². The van der Waals surface area contributed by atoms with Crippen molar-refractivity contribution < 1.29 is 27.9 Å². The molecule has 9 heteroatoms. The molecule has 0 radical (unpaired) electrons. The number of rotatable bonds is 4. The summed E-state index contributed by atoms with van der Waals surface area (Å²) < 4.78 is 32.3. The number of sulfonamides is 1. The van der Waals surface area contributed by atoms with E-state index in [1.165, 1.54) is 21.3 Å². The number of carbonyl (C=O) groups is 2. The summed E-state index contributed by atoms with van der Waals surface area (Å²) in [6.45, 7) is 1.54. The van der Waals surface area contributed by atoms with Crippen LogP contribution in [-0.4, -0.2) is 74.0 Å². The molecule has 1 aromatic rings. The highest BCUT2D eigenvalue weighted by atomic mass is 32.2. The molecule has 2 fully saturated rings. The summed E-state index contributed by atoms with van der Waals surface area (Å²) in [4.78, 5) is 25.2. The molecule has 2 heterocycles. The first kappa shape index (κ1) is 17.8. The summed E-state index contributed by atoms with van der Waals surface area (Å²) in [6.07, 6.45) is 0.374. The number of carboxylic acid groups (broad SMARTS) is 1. The Bertz CT molecular complexity index is 773. The van der Waals surface area contributed by atoms with Crippen molar-refractivity contribution in [3.8, 4) is 0 Å². The van der Waals surface area contributed by atoms with Crippen LogP contribution in [0.3, 0.4) is 0 Å². The topological polar surface area (TPSA) is 104 Å². The lowest BCUT2D eigenvalue weighted by Gasteiger charge is -2.27. The number of likely N-dealkylation sites (tertiary alicyclic amines) is 1. The first-order valence-corrected chi connectivity index (χ1v) is 9.54. The second-order valence-electron chi connectivity index (χ2n) is 6.09. The van der Waals surface area contributed by atoms with E-state index in [0.29, 0.717) is 26.2 Å². The zero-order valence-corrected chi connectivity index (χ0v) is 14.4. The third kappa shape index (κ3) is 3.53. The third-order valence-corrected chi connectivity index (χ3v) is 6.49. The van der Waals surface area contributed by atoms with Crippen molar-refractivity contribution in [2.45, 2.75) is 11.3 Å². The molecule has 1 aromatic carbocycles. The van der Waals surface area contributed by atoms with E-state index in [-0.39, 0.29) is 30.1 Å². The van der Waals surface area contributed by atoms with Gasteiger partial charge in [0.25, 0.3) is 5.91 Å². The molecule has 1 atom stereocenters. The number of aliphatic carboxylic acids is 1. The Hall–Kier alpha value is -1.97. The molecular formula is C16H20N2O6S. The number of hydrogen-bond acceptors (Lipinski definition) is 5. The molecule has 136 valence electrons. The summed E-state index contributed by atoms with van der Waals surface area (Å²) in [5.74, 6) is -1.99. The van der Waals surface area contributed by atoms with E-state index < -0.39 is 27.8 Å². The van der Waals surface area contributed by atoms with Crippen molar-refractivity contribution in [2.75, 3.05) is 39.4 Å². The average molecular weight is 368 g/mol. The Balaban J connectivity index is 1.88. The minimum atomic E-state index is -3.81. The van der Waals surface area contributed by atoms with Gasteiger partial charge in [-0.05, 0) is 18.6 Å². The van der Waals surface area contributed by atoms with Gasteiger partial charge in [0.1, 0.15) is 0 Å². The summed E-state index contributed by atoms with van der Waals surface area (Å²) in [5, 5.41) is 9.09. The van der Waals surface area contributed by atoms with E-state index in [1.54, 1.807) is 12.1 Å².